The number of H-pyrrole nitrogens is 1. The molecule has 1 aromatic carbocycles. The van der Waals surface area contributed by atoms with Crippen LogP contribution in [0, 0.1) is 0 Å². The molecule has 0 saturated carbocycles. The third-order valence-electron chi connectivity index (χ3n) is 4.18. The molecule has 0 unspecified atom stereocenters. The summed E-state index contributed by atoms with van der Waals surface area (Å²) < 4.78 is 47.5. The molecule has 1 N–H and O–H groups in total. The second-order valence-electron chi connectivity index (χ2n) is 6.30. The van der Waals surface area contributed by atoms with Crippen molar-refractivity contribution in [3.05, 3.63) is 71.0 Å². The average molecular weight is 401 g/mol. The zero-order valence-electron chi connectivity index (χ0n) is 15.0. The molecule has 3 aromatic heterocycles. The maximum atomic E-state index is 13.6. The summed E-state index contributed by atoms with van der Waals surface area (Å²) >= 11 is 0. The van der Waals surface area contributed by atoms with Crippen LogP contribution >= 0.6 is 0 Å². The summed E-state index contributed by atoms with van der Waals surface area (Å²) in [6, 6.07) is 7.98. The highest BCUT2D eigenvalue weighted by Gasteiger charge is 2.43. The first kappa shape index (κ1) is 18.7. The normalized spacial score (nSPS) is 12.8. The highest BCUT2D eigenvalue weighted by Crippen LogP contribution is 2.36. The largest absolute Gasteiger partial charge is 0.447 e. The van der Waals surface area contributed by atoms with Crippen molar-refractivity contribution in [2.24, 2.45) is 7.05 Å². The van der Waals surface area contributed by atoms with E-state index in [-0.39, 0.29) is 22.2 Å². The fourth-order valence-corrected chi connectivity index (χ4v) is 2.89. The predicted molar refractivity (Wildman–Crippen MR) is 98.2 cm³/mol. The minimum atomic E-state index is -4.71. The summed E-state index contributed by atoms with van der Waals surface area (Å²) in [5.41, 5.74) is 0.0382. The lowest BCUT2D eigenvalue weighted by Crippen LogP contribution is -2.27. The average Bonchev–Trinajstić information content (AvgIpc) is 3.12. The van der Waals surface area contributed by atoms with Gasteiger partial charge in [0.25, 0.3) is 11.6 Å². The third-order valence-corrected chi connectivity index (χ3v) is 4.18. The zero-order chi connectivity index (χ0) is 20.6. The van der Waals surface area contributed by atoms with Gasteiger partial charge in [-0.1, -0.05) is 30.3 Å². The van der Waals surface area contributed by atoms with E-state index in [1.165, 1.54) is 42.9 Å². The number of nitrogens with one attached hydrogen (secondary N) is 1. The van der Waals surface area contributed by atoms with Gasteiger partial charge in [-0.05, 0) is 6.07 Å². The molecule has 0 saturated heterocycles. The number of fused-ring (bicyclic) bond motifs is 1. The maximum absolute atomic E-state index is 13.6. The molecule has 0 amide bonds. The van der Waals surface area contributed by atoms with Gasteiger partial charge in [0.1, 0.15) is 16.9 Å². The number of hydrogen-bond acceptors (Lipinski definition) is 5. The summed E-state index contributed by atoms with van der Waals surface area (Å²) in [7, 11) is 1.75. The topological polar surface area (TPSA) is 85.7 Å². The molecule has 10 heteroatoms. The Morgan fingerprint density at radius 3 is 2.55 bits per heavy atom. The van der Waals surface area contributed by atoms with Crippen LogP contribution in [-0.2, 0) is 7.05 Å². The minimum Gasteiger partial charge on any atom is -0.447 e. The third kappa shape index (κ3) is 3.68. The van der Waals surface area contributed by atoms with Gasteiger partial charge in [0, 0.05) is 25.0 Å². The first-order valence-electron chi connectivity index (χ1n) is 8.48. The number of aromatic amines is 1. The first-order chi connectivity index (χ1) is 13.8. The van der Waals surface area contributed by atoms with Crippen molar-refractivity contribution in [3.8, 4) is 17.4 Å². The van der Waals surface area contributed by atoms with Crippen LogP contribution in [0.2, 0.25) is 0 Å². The minimum absolute atomic E-state index is 0.0962. The summed E-state index contributed by atoms with van der Waals surface area (Å²) in [6.07, 6.45) is -2.40. The van der Waals surface area contributed by atoms with Crippen molar-refractivity contribution in [1.82, 2.24) is 24.5 Å². The molecule has 0 bridgehead atoms. The van der Waals surface area contributed by atoms with E-state index in [0.29, 0.717) is 5.69 Å². The Hall–Kier alpha value is -3.69. The van der Waals surface area contributed by atoms with Crippen LogP contribution in [0.15, 0.2) is 59.9 Å². The van der Waals surface area contributed by atoms with Gasteiger partial charge in [-0.15, -0.1) is 0 Å². The maximum Gasteiger partial charge on any atom is 0.429 e. The van der Waals surface area contributed by atoms with E-state index in [4.69, 9.17) is 4.74 Å². The van der Waals surface area contributed by atoms with Crippen LogP contribution in [0.4, 0.5) is 13.2 Å². The van der Waals surface area contributed by atoms with Gasteiger partial charge in [-0.3, -0.25) is 14.8 Å². The number of ether oxygens (including phenoxy) is 1. The Bertz CT molecular complexity index is 1220. The molecule has 29 heavy (non-hydrogen) atoms. The fourth-order valence-electron chi connectivity index (χ4n) is 2.89. The summed E-state index contributed by atoms with van der Waals surface area (Å²) in [4.78, 5) is 27.2. The van der Waals surface area contributed by atoms with Gasteiger partial charge in [-0.2, -0.15) is 18.2 Å². The highest BCUT2D eigenvalue weighted by atomic mass is 19.4. The SMILES string of the molecule is Cn1cnc(-c2nccc3c(=O)[nH]c(O[C@H](c4ccccc4)C(F)(F)F)nc23)c1. The number of aromatic nitrogens is 5. The van der Waals surface area contributed by atoms with Gasteiger partial charge < -0.3 is 9.30 Å². The lowest BCUT2D eigenvalue weighted by Gasteiger charge is -2.21. The van der Waals surface area contributed by atoms with E-state index in [1.54, 1.807) is 23.9 Å². The zero-order valence-corrected chi connectivity index (χ0v) is 15.0. The molecular formula is C19H14F3N5O2. The molecule has 7 nitrogen and oxygen atoms in total. The smallest absolute Gasteiger partial charge is 0.429 e. The van der Waals surface area contributed by atoms with Crippen LogP contribution in [0.1, 0.15) is 11.7 Å². The van der Waals surface area contributed by atoms with Crippen molar-refractivity contribution in [1.29, 1.82) is 0 Å². The van der Waals surface area contributed by atoms with E-state index >= 15 is 0 Å². The van der Waals surface area contributed by atoms with E-state index in [0.717, 1.165) is 0 Å². The molecule has 4 rings (SSSR count). The molecule has 0 radical (unpaired) electrons. The number of rotatable bonds is 4. The van der Waals surface area contributed by atoms with Crippen molar-refractivity contribution in [3.63, 3.8) is 0 Å². The first-order valence-corrected chi connectivity index (χ1v) is 8.48. The number of hydrogen-bond donors (Lipinski definition) is 1. The Balaban J connectivity index is 1.83. The molecule has 0 aliphatic heterocycles. The fraction of sp³-hybridized carbons (Fsp3) is 0.158. The highest BCUT2D eigenvalue weighted by molar-refractivity contribution is 5.89. The Kier molecular flexibility index (Phi) is 4.53. The molecule has 0 aliphatic carbocycles. The lowest BCUT2D eigenvalue weighted by molar-refractivity contribution is -0.199. The molecule has 0 spiro atoms. The van der Waals surface area contributed by atoms with Gasteiger partial charge in [0.05, 0.1) is 11.7 Å². The molecule has 148 valence electrons. The van der Waals surface area contributed by atoms with E-state index < -0.39 is 23.8 Å². The van der Waals surface area contributed by atoms with Crippen LogP contribution in [0.5, 0.6) is 6.01 Å². The van der Waals surface area contributed by atoms with Crippen molar-refractivity contribution in [2.75, 3.05) is 0 Å². The van der Waals surface area contributed by atoms with Crippen molar-refractivity contribution in [2.45, 2.75) is 12.3 Å². The Morgan fingerprint density at radius 2 is 1.90 bits per heavy atom. The number of aryl methyl sites for hydroxylation is 1. The summed E-state index contributed by atoms with van der Waals surface area (Å²) in [5, 5.41) is 0.163. The summed E-state index contributed by atoms with van der Waals surface area (Å²) in [5.74, 6) is 0. The Labute approximate surface area is 161 Å². The second kappa shape index (κ2) is 7.04. The molecule has 0 fully saturated rings. The summed E-state index contributed by atoms with van der Waals surface area (Å²) in [6.45, 7) is 0. The number of pyridine rings is 1. The number of benzene rings is 1. The number of halogens is 3. The lowest BCUT2D eigenvalue weighted by atomic mass is 10.1. The number of alkyl halides is 3. The monoisotopic (exact) mass is 401 g/mol. The molecular weight excluding hydrogens is 387 g/mol. The van der Waals surface area contributed by atoms with Gasteiger partial charge in [0.15, 0.2) is 0 Å². The van der Waals surface area contributed by atoms with Crippen molar-refractivity contribution >= 4 is 10.9 Å². The Morgan fingerprint density at radius 1 is 1.14 bits per heavy atom. The molecule has 4 aromatic rings. The van der Waals surface area contributed by atoms with Crippen LogP contribution in [-0.4, -0.2) is 30.7 Å². The molecule has 1 atom stereocenters. The number of nitrogens with zero attached hydrogens (tertiary/aromatic N) is 4. The van der Waals surface area contributed by atoms with E-state index in [2.05, 4.69) is 19.9 Å². The molecule has 0 aliphatic rings. The van der Waals surface area contributed by atoms with Gasteiger partial charge in [-0.25, -0.2) is 4.98 Å². The van der Waals surface area contributed by atoms with Crippen LogP contribution in [0.25, 0.3) is 22.3 Å². The van der Waals surface area contributed by atoms with Gasteiger partial charge in [0.2, 0.25) is 6.10 Å². The predicted octanol–water partition coefficient (Wildman–Crippen LogP) is 3.40. The van der Waals surface area contributed by atoms with Crippen LogP contribution in [0.3, 0.4) is 0 Å². The standard InChI is InChI=1S/C19H14F3N5O2/c1-27-9-13(24-10-27)15-14-12(7-8-23-15)17(28)26-18(25-14)29-16(19(20,21)22)11-5-3-2-4-6-11/h2-10,16H,1H3,(H,25,26,28)/t16-/m1/s1. The second-order valence-corrected chi connectivity index (χ2v) is 6.30. The van der Waals surface area contributed by atoms with Crippen LogP contribution < -0.4 is 10.3 Å². The van der Waals surface area contributed by atoms with Crippen molar-refractivity contribution < 1.29 is 17.9 Å². The quantitative estimate of drug-likeness (QED) is 0.567. The van der Waals surface area contributed by atoms with E-state index in [9.17, 15) is 18.0 Å². The van der Waals surface area contributed by atoms with E-state index in [1.807, 2.05) is 0 Å². The molecule has 3 heterocycles. The van der Waals surface area contributed by atoms with Gasteiger partial charge >= 0.3 is 6.18 Å². The number of imidazole rings is 1.